The van der Waals surface area contributed by atoms with Crippen LogP contribution in [0, 0.1) is 20.8 Å². The Morgan fingerprint density at radius 1 is 1.30 bits per heavy atom. The SMILES string of the molecule is Cc1nc(-c2[nH]c3ccc(CNC(=O)c4cncnc4C)cc3c2C)cs1.[HH].[HH]. The monoisotopic (exact) mass is 381 g/mol. The molecule has 0 spiro atoms. The number of rotatable bonds is 4. The summed E-state index contributed by atoms with van der Waals surface area (Å²) in [7, 11) is 0. The van der Waals surface area contributed by atoms with Crippen LogP contribution in [0.2, 0.25) is 0 Å². The quantitative estimate of drug-likeness (QED) is 0.548. The van der Waals surface area contributed by atoms with Crippen molar-refractivity contribution in [3.63, 3.8) is 0 Å². The third-order valence-electron chi connectivity index (χ3n) is 4.61. The van der Waals surface area contributed by atoms with E-state index < -0.39 is 0 Å². The zero-order valence-corrected chi connectivity index (χ0v) is 16.1. The van der Waals surface area contributed by atoms with E-state index in [0.29, 0.717) is 17.8 Å². The van der Waals surface area contributed by atoms with Crippen LogP contribution >= 0.6 is 11.3 Å². The number of nitrogens with one attached hydrogen (secondary N) is 2. The molecule has 0 bridgehead atoms. The molecule has 6 nitrogen and oxygen atoms in total. The summed E-state index contributed by atoms with van der Waals surface area (Å²) in [6.45, 7) is 6.34. The number of aryl methyl sites for hydroxylation is 3. The molecule has 0 radical (unpaired) electrons. The maximum Gasteiger partial charge on any atom is 0.254 e. The summed E-state index contributed by atoms with van der Waals surface area (Å²) in [4.78, 5) is 28.4. The fraction of sp³-hybridized carbons (Fsp3) is 0.200. The summed E-state index contributed by atoms with van der Waals surface area (Å²) in [5.41, 5.74) is 6.45. The molecule has 27 heavy (non-hydrogen) atoms. The maximum atomic E-state index is 12.4. The van der Waals surface area contributed by atoms with E-state index in [4.69, 9.17) is 0 Å². The van der Waals surface area contributed by atoms with Crippen molar-refractivity contribution in [1.29, 1.82) is 0 Å². The normalized spacial score (nSPS) is 11.1. The number of thiazole rings is 1. The summed E-state index contributed by atoms with van der Waals surface area (Å²) < 4.78 is 0. The fourth-order valence-corrected chi connectivity index (χ4v) is 3.71. The Bertz CT molecular complexity index is 1150. The van der Waals surface area contributed by atoms with Crippen LogP contribution in [0.25, 0.3) is 22.3 Å². The van der Waals surface area contributed by atoms with Crippen LogP contribution in [0.1, 0.15) is 35.0 Å². The highest BCUT2D eigenvalue weighted by Crippen LogP contribution is 2.30. The van der Waals surface area contributed by atoms with Gasteiger partial charge in [-0.3, -0.25) is 4.79 Å². The van der Waals surface area contributed by atoms with Crippen LogP contribution in [0.15, 0.2) is 36.1 Å². The molecule has 0 saturated carbocycles. The third-order valence-corrected chi connectivity index (χ3v) is 5.38. The van der Waals surface area contributed by atoms with E-state index in [0.717, 1.165) is 38.4 Å². The first-order valence-corrected chi connectivity index (χ1v) is 9.49. The van der Waals surface area contributed by atoms with Crippen LogP contribution in [0.3, 0.4) is 0 Å². The summed E-state index contributed by atoms with van der Waals surface area (Å²) in [5, 5.41) is 7.20. The molecule has 0 fully saturated rings. The molecule has 3 aromatic heterocycles. The van der Waals surface area contributed by atoms with Crippen molar-refractivity contribution in [2.75, 3.05) is 0 Å². The average Bonchev–Trinajstić information content (AvgIpc) is 3.23. The molecule has 140 valence electrons. The van der Waals surface area contributed by atoms with Gasteiger partial charge in [0.15, 0.2) is 0 Å². The molecule has 0 saturated heterocycles. The van der Waals surface area contributed by atoms with E-state index in [-0.39, 0.29) is 8.76 Å². The number of nitrogens with zero attached hydrogens (tertiary/aromatic N) is 3. The van der Waals surface area contributed by atoms with E-state index in [1.54, 1.807) is 24.5 Å². The van der Waals surface area contributed by atoms with Gasteiger partial charge < -0.3 is 10.3 Å². The van der Waals surface area contributed by atoms with Crippen LogP contribution in [0.4, 0.5) is 0 Å². The first-order chi connectivity index (χ1) is 13.0. The van der Waals surface area contributed by atoms with E-state index in [1.807, 2.05) is 19.1 Å². The van der Waals surface area contributed by atoms with Gasteiger partial charge in [0, 0.05) is 31.9 Å². The molecule has 0 aliphatic rings. The van der Waals surface area contributed by atoms with Gasteiger partial charge in [-0.1, -0.05) is 6.07 Å². The van der Waals surface area contributed by atoms with Crippen LogP contribution in [-0.2, 0) is 6.54 Å². The maximum absolute atomic E-state index is 12.4. The Morgan fingerprint density at radius 2 is 2.15 bits per heavy atom. The number of benzene rings is 1. The Balaban J connectivity index is 0.00000150. The van der Waals surface area contributed by atoms with Gasteiger partial charge in [-0.05, 0) is 44.0 Å². The molecule has 4 aromatic rings. The van der Waals surface area contributed by atoms with E-state index in [1.165, 1.54) is 6.33 Å². The number of fused-ring (bicyclic) bond motifs is 1. The van der Waals surface area contributed by atoms with Crippen molar-refractivity contribution in [3.8, 4) is 11.4 Å². The summed E-state index contributed by atoms with van der Waals surface area (Å²) >= 11 is 1.64. The van der Waals surface area contributed by atoms with Gasteiger partial charge in [0.25, 0.3) is 5.91 Å². The molecule has 0 unspecified atom stereocenters. The zero-order chi connectivity index (χ0) is 19.0. The molecule has 7 heteroatoms. The number of hydrogen-bond donors (Lipinski definition) is 2. The molecular weight excluding hydrogens is 358 g/mol. The zero-order valence-electron chi connectivity index (χ0n) is 15.3. The number of carbonyl (C=O) groups is 1. The molecule has 2 N–H and O–H groups in total. The molecular formula is C20H23N5OS. The number of carbonyl (C=O) groups excluding carboxylic acids is 1. The van der Waals surface area contributed by atoms with Gasteiger partial charge in [-0.15, -0.1) is 11.3 Å². The van der Waals surface area contributed by atoms with Crippen LogP contribution in [-0.4, -0.2) is 25.8 Å². The second-order valence-corrected chi connectivity index (χ2v) is 7.52. The van der Waals surface area contributed by atoms with Gasteiger partial charge in [0.05, 0.1) is 27.7 Å². The van der Waals surface area contributed by atoms with Crippen molar-refractivity contribution < 1.29 is 7.65 Å². The Hall–Kier alpha value is -3.06. The molecule has 4 rings (SSSR count). The highest BCUT2D eigenvalue weighted by molar-refractivity contribution is 7.09. The minimum Gasteiger partial charge on any atom is -0.353 e. The van der Waals surface area contributed by atoms with E-state index in [2.05, 4.69) is 43.6 Å². The first kappa shape index (κ1) is 17.4. The predicted octanol–water partition coefficient (Wildman–Crippen LogP) is 4.43. The topological polar surface area (TPSA) is 83.6 Å². The molecule has 0 aliphatic carbocycles. The van der Waals surface area contributed by atoms with Crippen LogP contribution in [0.5, 0.6) is 0 Å². The van der Waals surface area contributed by atoms with Gasteiger partial charge in [0.1, 0.15) is 6.33 Å². The van der Waals surface area contributed by atoms with Crippen molar-refractivity contribution >= 4 is 28.1 Å². The molecule has 0 aliphatic heterocycles. The summed E-state index contributed by atoms with van der Waals surface area (Å²) in [6, 6.07) is 6.17. The van der Waals surface area contributed by atoms with Crippen molar-refractivity contribution in [1.82, 2.24) is 25.3 Å². The smallest absolute Gasteiger partial charge is 0.254 e. The van der Waals surface area contributed by atoms with Gasteiger partial charge in [-0.2, -0.15) is 0 Å². The molecule has 1 amide bonds. The third kappa shape index (κ3) is 3.33. The first-order valence-electron chi connectivity index (χ1n) is 8.61. The highest BCUT2D eigenvalue weighted by Gasteiger charge is 2.13. The molecule has 0 atom stereocenters. The lowest BCUT2D eigenvalue weighted by Gasteiger charge is -2.07. The highest BCUT2D eigenvalue weighted by atomic mass is 32.1. The van der Waals surface area contributed by atoms with Crippen molar-refractivity contribution in [2.24, 2.45) is 0 Å². The second-order valence-electron chi connectivity index (χ2n) is 6.46. The van der Waals surface area contributed by atoms with Gasteiger partial charge in [-0.25, -0.2) is 15.0 Å². The van der Waals surface area contributed by atoms with Gasteiger partial charge >= 0.3 is 0 Å². The minimum atomic E-state index is -0.169. The Kier molecular flexibility index (Phi) is 4.45. The summed E-state index contributed by atoms with van der Waals surface area (Å²) in [6.07, 6.45) is 2.98. The number of amides is 1. The Morgan fingerprint density at radius 3 is 2.89 bits per heavy atom. The number of aromatic amines is 1. The number of H-pyrrole nitrogens is 1. The lowest BCUT2D eigenvalue weighted by molar-refractivity contribution is 0.0949. The van der Waals surface area contributed by atoms with Gasteiger partial charge in [0.2, 0.25) is 0 Å². The number of hydrogen-bond acceptors (Lipinski definition) is 5. The van der Waals surface area contributed by atoms with Crippen molar-refractivity contribution in [2.45, 2.75) is 27.3 Å². The largest absolute Gasteiger partial charge is 0.353 e. The summed E-state index contributed by atoms with van der Waals surface area (Å²) in [5.74, 6) is -0.169. The lowest BCUT2D eigenvalue weighted by Crippen LogP contribution is -2.24. The minimum absolute atomic E-state index is 0. The molecule has 1 aromatic carbocycles. The van der Waals surface area contributed by atoms with Crippen molar-refractivity contribution in [3.05, 3.63) is 63.5 Å². The fourth-order valence-electron chi connectivity index (χ4n) is 3.11. The lowest BCUT2D eigenvalue weighted by atomic mass is 10.1. The van der Waals surface area contributed by atoms with E-state index >= 15 is 0 Å². The van der Waals surface area contributed by atoms with Crippen LogP contribution < -0.4 is 5.32 Å². The number of aromatic nitrogens is 4. The standard InChI is InChI=1S/C20H19N5OS.2H2/c1-11-15-6-14(7-22-20(26)16-8-21-10-23-12(16)2)4-5-17(15)25-19(11)18-9-27-13(3)24-18;;/h4-6,8-10,25H,7H2,1-3H3,(H,22,26);2*1H. The second kappa shape index (κ2) is 6.92. The Labute approximate surface area is 163 Å². The predicted molar refractivity (Wildman–Crippen MR) is 111 cm³/mol. The average molecular weight is 382 g/mol. The van der Waals surface area contributed by atoms with E-state index in [9.17, 15) is 4.79 Å². The molecule has 3 heterocycles.